The second-order valence-electron chi connectivity index (χ2n) is 5.49. The Labute approximate surface area is 131 Å². The van der Waals surface area contributed by atoms with E-state index in [0.717, 1.165) is 4.47 Å². The highest BCUT2D eigenvalue weighted by molar-refractivity contribution is 9.10. The van der Waals surface area contributed by atoms with Crippen LogP contribution in [0.3, 0.4) is 0 Å². The van der Waals surface area contributed by atoms with Gasteiger partial charge in [0.1, 0.15) is 5.69 Å². The number of halogens is 1. The van der Waals surface area contributed by atoms with Gasteiger partial charge >= 0.3 is 0 Å². The van der Waals surface area contributed by atoms with Crippen molar-refractivity contribution in [1.82, 2.24) is 21.2 Å². The Bertz CT molecular complexity index is 534. The number of aromatic nitrogens is 1. The molecule has 0 fully saturated rings. The smallest absolute Gasteiger partial charge is 0.286 e. The van der Waals surface area contributed by atoms with Crippen molar-refractivity contribution in [3.63, 3.8) is 0 Å². The number of hydrogen-bond donors (Lipinski definition) is 4. The van der Waals surface area contributed by atoms with E-state index in [0.29, 0.717) is 5.69 Å². The van der Waals surface area contributed by atoms with Crippen molar-refractivity contribution in [3.8, 4) is 0 Å². The van der Waals surface area contributed by atoms with E-state index < -0.39 is 11.3 Å². The molecule has 0 saturated carbocycles. The van der Waals surface area contributed by atoms with Crippen molar-refractivity contribution in [2.75, 3.05) is 6.54 Å². The Balaban J connectivity index is 2.26. The molecule has 3 amide bonds. The molecule has 0 aliphatic rings. The van der Waals surface area contributed by atoms with Gasteiger partial charge in [0, 0.05) is 29.1 Å². The van der Waals surface area contributed by atoms with Gasteiger partial charge in [-0.3, -0.25) is 25.2 Å². The zero-order chi connectivity index (χ0) is 16.0. The topological polar surface area (TPSA) is 103 Å². The third kappa shape index (κ3) is 5.99. The maximum atomic E-state index is 11.6. The molecule has 1 heterocycles. The predicted molar refractivity (Wildman–Crippen MR) is 81.2 cm³/mol. The highest BCUT2D eigenvalue weighted by Gasteiger charge is 2.20. The highest BCUT2D eigenvalue weighted by Crippen LogP contribution is 2.12. The largest absolute Gasteiger partial charge is 0.356 e. The van der Waals surface area contributed by atoms with Crippen molar-refractivity contribution < 1.29 is 14.4 Å². The molecular formula is C13H19BrN4O3. The third-order valence-corrected chi connectivity index (χ3v) is 2.98. The SMILES string of the molecule is CC(C)(C)C(=O)NCCC(=O)NNC(=O)c1cc(Br)c[nH]1. The second-order valence-corrected chi connectivity index (χ2v) is 6.41. The summed E-state index contributed by atoms with van der Waals surface area (Å²) in [5.41, 5.74) is 4.38. The Morgan fingerprint density at radius 3 is 2.43 bits per heavy atom. The summed E-state index contributed by atoms with van der Waals surface area (Å²) in [5, 5.41) is 2.65. The van der Waals surface area contributed by atoms with Gasteiger partial charge in [-0.05, 0) is 22.0 Å². The summed E-state index contributed by atoms with van der Waals surface area (Å²) in [6, 6.07) is 1.59. The number of hydrogen-bond acceptors (Lipinski definition) is 3. The Morgan fingerprint density at radius 2 is 1.90 bits per heavy atom. The number of rotatable bonds is 4. The van der Waals surface area contributed by atoms with Gasteiger partial charge in [-0.15, -0.1) is 0 Å². The number of aromatic amines is 1. The third-order valence-electron chi connectivity index (χ3n) is 2.53. The normalized spacial score (nSPS) is 10.9. The molecule has 0 aliphatic heterocycles. The average Bonchev–Trinajstić information content (AvgIpc) is 2.81. The first-order valence-corrected chi connectivity index (χ1v) is 7.21. The number of amides is 3. The monoisotopic (exact) mass is 358 g/mol. The van der Waals surface area contributed by atoms with Crippen LogP contribution in [-0.4, -0.2) is 29.3 Å². The molecule has 1 aromatic heterocycles. The van der Waals surface area contributed by atoms with E-state index in [1.165, 1.54) is 0 Å². The van der Waals surface area contributed by atoms with Gasteiger partial charge in [-0.25, -0.2) is 0 Å². The van der Waals surface area contributed by atoms with Crippen LogP contribution in [0.25, 0.3) is 0 Å². The quantitative estimate of drug-likeness (QED) is 0.605. The fourth-order valence-electron chi connectivity index (χ4n) is 1.31. The molecule has 0 radical (unpaired) electrons. The summed E-state index contributed by atoms with van der Waals surface area (Å²) in [5.74, 6) is -0.966. The van der Waals surface area contributed by atoms with Gasteiger partial charge in [-0.1, -0.05) is 20.8 Å². The van der Waals surface area contributed by atoms with Gasteiger partial charge in [0.05, 0.1) is 0 Å². The van der Waals surface area contributed by atoms with Crippen molar-refractivity contribution in [2.24, 2.45) is 5.41 Å². The molecule has 0 atom stereocenters. The molecule has 7 nitrogen and oxygen atoms in total. The molecule has 0 bridgehead atoms. The van der Waals surface area contributed by atoms with Crippen LogP contribution in [0.4, 0.5) is 0 Å². The fourth-order valence-corrected chi connectivity index (χ4v) is 1.65. The van der Waals surface area contributed by atoms with Crippen LogP contribution < -0.4 is 16.2 Å². The van der Waals surface area contributed by atoms with E-state index in [1.54, 1.807) is 33.0 Å². The summed E-state index contributed by atoms with van der Waals surface area (Å²) in [4.78, 5) is 37.5. The van der Waals surface area contributed by atoms with Crippen LogP contribution in [0.2, 0.25) is 0 Å². The van der Waals surface area contributed by atoms with E-state index in [4.69, 9.17) is 0 Å². The summed E-state index contributed by atoms with van der Waals surface area (Å²) in [6.07, 6.45) is 1.69. The second kappa shape index (κ2) is 7.26. The lowest BCUT2D eigenvalue weighted by atomic mass is 9.96. The van der Waals surface area contributed by atoms with E-state index in [2.05, 4.69) is 37.1 Å². The Hall–Kier alpha value is -1.83. The Morgan fingerprint density at radius 1 is 1.24 bits per heavy atom. The first kappa shape index (κ1) is 17.2. The first-order valence-electron chi connectivity index (χ1n) is 6.41. The minimum atomic E-state index is -0.494. The lowest BCUT2D eigenvalue weighted by molar-refractivity contribution is -0.128. The van der Waals surface area contributed by atoms with E-state index in [-0.39, 0.29) is 24.8 Å². The standard InChI is InChI=1S/C13H19BrN4O3/c1-13(2,3)12(21)15-5-4-10(19)17-18-11(20)9-6-8(14)7-16-9/h6-7,16H,4-5H2,1-3H3,(H,15,21)(H,17,19)(H,18,20). The molecule has 0 saturated heterocycles. The van der Waals surface area contributed by atoms with Crippen LogP contribution in [0, 0.1) is 5.41 Å². The first-order chi connectivity index (χ1) is 9.70. The van der Waals surface area contributed by atoms with Crippen LogP contribution in [0.5, 0.6) is 0 Å². The molecule has 1 rings (SSSR count). The van der Waals surface area contributed by atoms with Crippen molar-refractivity contribution in [2.45, 2.75) is 27.2 Å². The molecule has 116 valence electrons. The lowest BCUT2D eigenvalue weighted by Gasteiger charge is -2.17. The zero-order valence-electron chi connectivity index (χ0n) is 12.2. The van der Waals surface area contributed by atoms with Crippen molar-refractivity contribution >= 4 is 33.7 Å². The van der Waals surface area contributed by atoms with Crippen LogP contribution >= 0.6 is 15.9 Å². The number of hydrazine groups is 1. The number of carbonyl (C=O) groups is 3. The van der Waals surface area contributed by atoms with Crippen LogP contribution in [0.1, 0.15) is 37.7 Å². The molecule has 0 aromatic carbocycles. The molecule has 4 N–H and O–H groups in total. The summed E-state index contributed by atoms with van der Waals surface area (Å²) >= 11 is 3.21. The molecule has 0 spiro atoms. The minimum absolute atomic E-state index is 0.0799. The van der Waals surface area contributed by atoms with Crippen molar-refractivity contribution in [1.29, 1.82) is 0 Å². The number of carbonyl (C=O) groups excluding carboxylic acids is 3. The predicted octanol–water partition coefficient (Wildman–Crippen LogP) is 1.09. The van der Waals surface area contributed by atoms with Gasteiger partial charge in [0.2, 0.25) is 11.8 Å². The summed E-state index contributed by atoms with van der Waals surface area (Å²) in [6.45, 7) is 5.58. The van der Waals surface area contributed by atoms with Gasteiger partial charge in [-0.2, -0.15) is 0 Å². The summed E-state index contributed by atoms with van der Waals surface area (Å²) in [7, 11) is 0. The molecule has 8 heteroatoms. The van der Waals surface area contributed by atoms with Gasteiger partial charge in [0.25, 0.3) is 5.91 Å². The van der Waals surface area contributed by atoms with Crippen LogP contribution in [0.15, 0.2) is 16.7 Å². The number of nitrogens with one attached hydrogen (secondary N) is 4. The van der Waals surface area contributed by atoms with Gasteiger partial charge < -0.3 is 10.3 Å². The van der Waals surface area contributed by atoms with Crippen LogP contribution in [-0.2, 0) is 9.59 Å². The Kier molecular flexibility index (Phi) is 5.95. The van der Waals surface area contributed by atoms with Gasteiger partial charge in [0.15, 0.2) is 0 Å². The van der Waals surface area contributed by atoms with E-state index >= 15 is 0 Å². The molecule has 1 aromatic rings. The zero-order valence-corrected chi connectivity index (χ0v) is 13.8. The molecule has 0 aliphatic carbocycles. The lowest BCUT2D eigenvalue weighted by Crippen LogP contribution is -2.43. The maximum Gasteiger partial charge on any atom is 0.286 e. The van der Waals surface area contributed by atoms with Crippen molar-refractivity contribution in [3.05, 3.63) is 22.4 Å². The molecule has 21 heavy (non-hydrogen) atoms. The number of H-pyrrole nitrogens is 1. The highest BCUT2D eigenvalue weighted by atomic mass is 79.9. The summed E-state index contributed by atoms with van der Waals surface area (Å²) < 4.78 is 0.740. The fraction of sp³-hybridized carbons (Fsp3) is 0.462. The maximum absolute atomic E-state index is 11.6. The molecule has 0 unspecified atom stereocenters. The average molecular weight is 359 g/mol. The molecular weight excluding hydrogens is 340 g/mol. The van der Waals surface area contributed by atoms with E-state index in [9.17, 15) is 14.4 Å². The van der Waals surface area contributed by atoms with E-state index in [1.807, 2.05) is 0 Å². The minimum Gasteiger partial charge on any atom is -0.356 e.